The van der Waals surface area contributed by atoms with E-state index < -0.39 is 52.0 Å². The number of carbonyl (C=O) groups is 3. The first-order chi connectivity index (χ1) is 23.6. The molecule has 3 atom stereocenters. The Hall–Kier alpha value is -4.48. The normalized spacial score (nSPS) is 15.4. The van der Waals surface area contributed by atoms with Gasteiger partial charge < -0.3 is 21.1 Å². The molecule has 0 saturated carbocycles. The van der Waals surface area contributed by atoms with Crippen LogP contribution in [0, 0.1) is 23.2 Å². The molecule has 1 saturated heterocycles. The molecule has 266 valence electrons. The first kappa shape index (κ1) is 38.3. The van der Waals surface area contributed by atoms with E-state index >= 15 is 0 Å². The highest BCUT2D eigenvalue weighted by Crippen LogP contribution is 2.27. The van der Waals surface area contributed by atoms with Gasteiger partial charge in [-0.05, 0) is 53.6 Å². The summed E-state index contributed by atoms with van der Waals surface area (Å²) in [5, 5.41) is 24.3. The van der Waals surface area contributed by atoms with E-state index in [2.05, 4.69) is 11.4 Å². The maximum atomic E-state index is 14.1. The van der Waals surface area contributed by atoms with Gasteiger partial charge in [-0.3, -0.25) is 14.5 Å². The smallest absolute Gasteiger partial charge is 0.328 e. The van der Waals surface area contributed by atoms with Crippen LogP contribution >= 0.6 is 11.6 Å². The Labute approximate surface area is 298 Å². The minimum Gasteiger partial charge on any atom is -0.397 e. The van der Waals surface area contributed by atoms with E-state index in [-0.39, 0.29) is 54.1 Å². The molecule has 12 nitrogen and oxygen atoms in total. The Morgan fingerprint density at radius 3 is 2.32 bits per heavy atom. The molecule has 1 fully saturated rings. The van der Waals surface area contributed by atoms with Crippen molar-refractivity contribution in [2.45, 2.75) is 63.7 Å². The zero-order chi connectivity index (χ0) is 36.7. The third kappa shape index (κ3) is 9.00. The van der Waals surface area contributed by atoms with Crippen molar-refractivity contribution in [3.05, 3.63) is 94.5 Å². The number of nitrogens with zero attached hydrogens (tertiary/aromatic N) is 4. The number of hydrogen-bond acceptors (Lipinski definition) is 8. The second kappa shape index (κ2) is 16.5. The van der Waals surface area contributed by atoms with Gasteiger partial charge in [0.2, 0.25) is 15.9 Å². The summed E-state index contributed by atoms with van der Waals surface area (Å²) >= 11 is 6.04. The number of amides is 4. The molecule has 14 heteroatoms. The summed E-state index contributed by atoms with van der Waals surface area (Å²) in [5.74, 6) is -1.68. The lowest BCUT2D eigenvalue weighted by atomic mass is 9.97. The van der Waals surface area contributed by atoms with E-state index in [1.807, 2.05) is 44.2 Å². The number of aliphatic hydroxyl groups excluding tert-OH is 1. The monoisotopic (exact) mass is 722 g/mol. The Bertz CT molecular complexity index is 1850. The highest BCUT2D eigenvalue weighted by atomic mass is 35.5. The molecule has 3 aromatic carbocycles. The van der Waals surface area contributed by atoms with Crippen molar-refractivity contribution in [2.75, 3.05) is 25.4 Å². The van der Waals surface area contributed by atoms with Crippen LogP contribution in [-0.4, -0.2) is 83.3 Å². The van der Waals surface area contributed by atoms with Crippen molar-refractivity contribution in [1.82, 2.24) is 19.4 Å². The largest absolute Gasteiger partial charge is 0.397 e. The van der Waals surface area contributed by atoms with E-state index in [0.717, 1.165) is 14.8 Å². The SMILES string of the molecule is CC(C)CN(C[C@@H](O)[C@H](Cc1ccccc1)NC(=O)[C@H](C(C)C)N1CC(=O)N(Cc2ccccc2C#N)C1=O)S(=O)(=O)c1ccc(Cl)c(N)c1. The third-order valence-electron chi connectivity index (χ3n) is 8.44. The van der Waals surface area contributed by atoms with Crippen LogP contribution in [0.5, 0.6) is 0 Å². The second-order valence-corrected chi connectivity index (χ2v) is 15.5. The van der Waals surface area contributed by atoms with Gasteiger partial charge in [0, 0.05) is 13.1 Å². The molecule has 0 radical (unpaired) electrons. The molecule has 0 aromatic heterocycles. The minimum absolute atomic E-state index is 0.0672. The number of aliphatic hydroxyl groups is 1. The second-order valence-electron chi connectivity index (χ2n) is 13.1. The molecule has 1 heterocycles. The fourth-order valence-electron chi connectivity index (χ4n) is 5.94. The maximum Gasteiger partial charge on any atom is 0.328 e. The van der Waals surface area contributed by atoms with Crippen LogP contribution in [0.3, 0.4) is 0 Å². The topological polar surface area (TPSA) is 177 Å². The highest BCUT2D eigenvalue weighted by molar-refractivity contribution is 7.89. The summed E-state index contributed by atoms with van der Waals surface area (Å²) in [4.78, 5) is 43.0. The Kier molecular flexibility index (Phi) is 12.6. The highest BCUT2D eigenvalue weighted by Gasteiger charge is 2.44. The van der Waals surface area contributed by atoms with E-state index in [4.69, 9.17) is 17.3 Å². The number of hydrogen-bond donors (Lipinski definition) is 3. The first-order valence-electron chi connectivity index (χ1n) is 16.3. The molecule has 0 aliphatic carbocycles. The zero-order valence-electron chi connectivity index (χ0n) is 28.5. The van der Waals surface area contributed by atoms with Crippen LogP contribution < -0.4 is 11.1 Å². The van der Waals surface area contributed by atoms with Crippen molar-refractivity contribution >= 4 is 45.2 Å². The number of imide groups is 1. The molecule has 50 heavy (non-hydrogen) atoms. The van der Waals surface area contributed by atoms with Gasteiger partial charge in [-0.2, -0.15) is 9.57 Å². The Morgan fingerprint density at radius 1 is 1.04 bits per heavy atom. The van der Waals surface area contributed by atoms with Gasteiger partial charge in [-0.25, -0.2) is 13.2 Å². The number of urea groups is 1. The quantitative estimate of drug-likeness (QED) is 0.156. The minimum atomic E-state index is -4.15. The van der Waals surface area contributed by atoms with Gasteiger partial charge in [0.25, 0.3) is 5.91 Å². The third-order valence-corrected chi connectivity index (χ3v) is 10.6. The number of benzene rings is 3. The average Bonchev–Trinajstić information content (AvgIpc) is 3.33. The standard InChI is InChI=1S/C36H43ClN6O6S/c1-23(2)19-41(50(48,49)28-14-15-29(37)30(39)17-28)21-32(44)31(16-25-10-6-5-7-11-25)40-35(46)34(24(3)4)43-22-33(45)42(36(43)47)20-27-13-9-8-12-26(27)18-38/h5-15,17,23-24,31-32,34,44H,16,19-22,39H2,1-4H3,(H,40,46)/t31-,32+,34-/m0/s1. The number of halogens is 1. The Balaban J connectivity index is 1.61. The average molecular weight is 723 g/mol. The van der Waals surface area contributed by atoms with Gasteiger partial charge >= 0.3 is 6.03 Å². The summed E-state index contributed by atoms with van der Waals surface area (Å²) < 4.78 is 28.8. The van der Waals surface area contributed by atoms with E-state index in [9.17, 15) is 33.2 Å². The number of nitrogen functional groups attached to an aromatic ring is 1. The van der Waals surface area contributed by atoms with Gasteiger partial charge in [0.1, 0.15) is 12.6 Å². The van der Waals surface area contributed by atoms with Crippen LogP contribution in [-0.2, 0) is 32.6 Å². The van der Waals surface area contributed by atoms with Crippen LogP contribution in [0.1, 0.15) is 44.4 Å². The molecule has 0 bridgehead atoms. The van der Waals surface area contributed by atoms with Gasteiger partial charge in [-0.15, -0.1) is 0 Å². The van der Waals surface area contributed by atoms with E-state index in [0.29, 0.717) is 11.1 Å². The predicted octanol–water partition coefficient (Wildman–Crippen LogP) is 4.02. The van der Waals surface area contributed by atoms with Gasteiger partial charge in [0.15, 0.2) is 0 Å². The number of nitriles is 1. The number of anilines is 1. The molecule has 1 aliphatic heterocycles. The molecule has 4 amide bonds. The van der Waals surface area contributed by atoms with Gasteiger partial charge in [-0.1, -0.05) is 87.8 Å². The fourth-order valence-corrected chi connectivity index (χ4v) is 7.72. The van der Waals surface area contributed by atoms with Crippen LogP contribution in [0.15, 0.2) is 77.7 Å². The lowest BCUT2D eigenvalue weighted by Crippen LogP contribution is -2.57. The molecular formula is C36H43ClN6O6S. The van der Waals surface area contributed by atoms with Crippen molar-refractivity contribution in [3.63, 3.8) is 0 Å². The Morgan fingerprint density at radius 2 is 1.70 bits per heavy atom. The van der Waals surface area contributed by atoms with Crippen molar-refractivity contribution < 1.29 is 27.9 Å². The predicted molar refractivity (Wildman–Crippen MR) is 190 cm³/mol. The van der Waals surface area contributed by atoms with E-state index in [1.54, 1.807) is 38.1 Å². The summed E-state index contributed by atoms with van der Waals surface area (Å²) in [6.45, 7) is 6.41. The van der Waals surface area contributed by atoms with Crippen molar-refractivity contribution in [1.29, 1.82) is 5.26 Å². The van der Waals surface area contributed by atoms with Crippen molar-refractivity contribution in [3.8, 4) is 6.07 Å². The lowest BCUT2D eigenvalue weighted by molar-refractivity contribution is -0.129. The van der Waals surface area contributed by atoms with Gasteiger partial charge in [0.05, 0.1) is 45.9 Å². The van der Waals surface area contributed by atoms with E-state index in [1.165, 1.54) is 23.1 Å². The summed E-state index contributed by atoms with van der Waals surface area (Å²) in [7, 11) is -4.15. The maximum absolute atomic E-state index is 14.1. The molecule has 1 aliphatic rings. The molecule has 3 aromatic rings. The molecule has 4 N–H and O–H groups in total. The first-order valence-corrected chi connectivity index (χ1v) is 18.1. The van der Waals surface area contributed by atoms with Crippen molar-refractivity contribution in [2.24, 2.45) is 11.8 Å². The molecular weight excluding hydrogens is 680 g/mol. The number of carbonyl (C=O) groups excluding carboxylic acids is 3. The van der Waals surface area contributed by atoms with Crippen LogP contribution in [0.2, 0.25) is 5.02 Å². The zero-order valence-corrected chi connectivity index (χ0v) is 30.1. The molecule has 4 rings (SSSR count). The number of sulfonamides is 1. The summed E-state index contributed by atoms with van der Waals surface area (Å²) in [6, 6.07) is 19.1. The van der Waals surface area contributed by atoms with Crippen LogP contribution in [0.25, 0.3) is 0 Å². The summed E-state index contributed by atoms with van der Waals surface area (Å²) in [6.07, 6.45) is -1.24. The molecule has 0 spiro atoms. The number of nitrogens with one attached hydrogen (secondary N) is 1. The fraction of sp³-hybridized carbons (Fsp3) is 0.389. The molecule has 0 unspecified atom stereocenters. The summed E-state index contributed by atoms with van der Waals surface area (Å²) in [5.41, 5.74) is 7.61. The number of rotatable bonds is 15. The lowest BCUT2D eigenvalue weighted by Gasteiger charge is -2.34. The number of nitrogens with two attached hydrogens (primary N) is 1. The van der Waals surface area contributed by atoms with Crippen LogP contribution in [0.4, 0.5) is 10.5 Å².